The lowest BCUT2D eigenvalue weighted by Crippen LogP contribution is -2.07. The van der Waals surface area contributed by atoms with Crippen LogP contribution in [0.2, 0.25) is 0 Å². The summed E-state index contributed by atoms with van der Waals surface area (Å²) in [7, 11) is -3.27. The van der Waals surface area contributed by atoms with E-state index in [0.717, 1.165) is 29.9 Å². The van der Waals surface area contributed by atoms with Gasteiger partial charge in [-0.05, 0) is 48.2 Å². The maximum Gasteiger partial charge on any atom is 0.182 e. The fourth-order valence-corrected chi connectivity index (χ4v) is 4.03. The Hall–Kier alpha value is -3.16. The molecule has 2 aromatic carbocycles. The van der Waals surface area contributed by atoms with Gasteiger partial charge < -0.3 is 9.12 Å². The van der Waals surface area contributed by atoms with E-state index in [1.807, 2.05) is 43.3 Å². The van der Waals surface area contributed by atoms with Crippen molar-refractivity contribution in [3.8, 4) is 22.6 Å². The zero-order valence-electron chi connectivity index (χ0n) is 16.9. The Balaban J connectivity index is 1.66. The number of aryl methyl sites for hydroxylation is 2. The topological polar surface area (TPSA) is 83.7 Å². The molecule has 1 atom stereocenters. The molecular weight excluding hydrogens is 396 g/mol. The van der Waals surface area contributed by atoms with Crippen LogP contribution in [0.3, 0.4) is 0 Å². The lowest BCUT2D eigenvalue weighted by atomic mass is 10.1. The standard InChI is InChI=1S/C23H22N4O2S/c1-17-25-26-23(27(17)14-12-18-7-4-3-5-8-18)22-16-20(11-13-24-22)19-9-6-10-21(15-19)30(2,28)29/h3-11,13,15-16H,12,14H2,1-2H3. The fourth-order valence-electron chi connectivity index (χ4n) is 3.36. The van der Waals surface area contributed by atoms with E-state index in [9.17, 15) is 8.76 Å². The molecule has 4 aromatic rings. The highest BCUT2D eigenvalue weighted by molar-refractivity contribution is 7.97. The van der Waals surface area contributed by atoms with Crippen LogP contribution in [-0.4, -0.2) is 30.6 Å². The van der Waals surface area contributed by atoms with Crippen LogP contribution in [-0.2, 0) is 27.4 Å². The van der Waals surface area contributed by atoms with Crippen molar-refractivity contribution in [2.24, 2.45) is 0 Å². The second kappa shape index (κ2) is 8.30. The van der Waals surface area contributed by atoms with E-state index in [0.29, 0.717) is 16.4 Å². The maximum absolute atomic E-state index is 11.9. The third-order valence-electron chi connectivity index (χ3n) is 4.99. The van der Waals surface area contributed by atoms with Crippen LogP contribution in [0.5, 0.6) is 0 Å². The molecule has 2 heterocycles. The molecule has 0 amide bonds. The van der Waals surface area contributed by atoms with Crippen LogP contribution in [0.1, 0.15) is 11.4 Å². The summed E-state index contributed by atoms with van der Waals surface area (Å²) < 4.78 is 25.9. The normalized spacial score (nSPS) is 13.2. The van der Waals surface area contributed by atoms with Gasteiger partial charge in [0, 0.05) is 18.8 Å². The first-order valence-corrected chi connectivity index (χ1v) is 11.5. The minimum atomic E-state index is -3.27. The first-order chi connectivity index (χ1) is 14.4. The Morgan fingerprint density at radius 2 is 1.73 bits per heavy atom. The van der Waals surface area contributed by atoms with E-state index >= 15 is 0 Å². The maximum atomic E-state index is 11.9. The lowest BCUT2D eigenvalue weighted by Gasteiger charge is -2.11. The number of sulfone groups is 1. The van der Waals surface area contributed by atoms with E-state index in [4.69, 9.17) is 0 Å². The second-order valence-electron chi connectivity index (χ2n) is 7.19. The summed E-state index contributed by atoms with van der Waals surface area (Å²) in [5.41, 5.74) is 3.64. The predicted octanol–water partition coefficient (Wildman–Crippen LogP) is 4.18. The highest BCUT2D eigenvalue weighted by Crippen LogP contribution is 2.27. The monoisotopic (exact) mass is 418 g/mol. The molecule has 0 aliphatic rings. The van der Waals surface area contributed by atoms with Gasteiger partial charge in [0.15, 0.2) is 10.7 Å². The molecule has 0 spiro atoms. The van der Waals surface area contributed by atoms with E-state index in [-0.39, 0.29) is 0 Å². The van der Waals surface area contributed by atoms with Gasteiger partial charge in [-0.25, -0.2) is 0 Å². The van der Waals surface area contributed by atoms with Crippen LogP contribution < -0.4 is 0 Å². The van der Waals surface area contributed by atoms with E-state index in [1.165, 1.54) is 11.8 Å². The zero-order chi connectivity index (χ0) is 21.1. The first-order valence-electron chi connectivity index (χ1n) is 9.62. The molecule has 0 saturated carbocycles. The van der Waals surface area contributed by atoms with Crippen LogP contribution in [0.4, 0.5) is 0 Å². The smallest absolute Gasteiger partial charge is 0.182 e. The van der Waals surface area contributed by atoms with Crippen molar-refractivity contribution in [2.45, 2.75) is 24.8 Å². The Bertz CT molecular complexity index is 1210. The van der Waals surface area contributed by atoms with Crippen LogP contribution >= 0.6 is 0 Å². The SMILES string of the molecule is Cc1nnc(-c2cc(-c3cccc([S+](C)(=O)[O-])c3)ccn2)n1CCc1ccccc1. The summed E-state index contributed by atoms with van der Waals surface area (Å²) in [6, 6.07) is 21.0. The van der Waals surface area contributed by atoms with Crippen molar-refractivity contribution in [1.29, 1.82) is 0 Å². The number of pyridine rings is 1. The summed E-state index contributed by atoms with van der Waals surface area (Å²) in [6.45, 7) is 2.68. The first kappa shape index (κ1) is 20.1. The predicted molar refractivity (Wildman–Crippen MR) is 117 cm³/mol. The summed E-state index contributed by atoms with van der Waals surface area (Å²) >= 11 is 0. The van der Waals surface area contributed by atoms with Crippen LogP contribution in [0.25, 0.3) is 22.6 Å². The van der Waals surface area contributed by atoms with E-state index in [1.54, 1.807) is 24.4 Å². The van der Waals surface area contributed by atoms with Gasteiger partial charge in [-0.3, -0.25) is 4.98 Å². The van der Waals surface area contributed by atoms with Crippen LogP contribution in [0.15, 0.2) is 77.8 Å². The third kappa shape index (κ3) is 4.37. The highest BCUT2D eigenvalue weighted by Gasteiger charge is 2.16. The summed E-state index contributed by atoms with van der Waals surface area (Å²) in [5.74, 6) is 1.52. The Morgan fingerprint density at radius 3 is 2.50 bits per heavy atom. The molecule has 0 fully saturated rings. The Kier molecular flexibility index (Phi) is 5.57. The number of benzene rings is 2. The van der Waals surface area contributed by atoms with Crippen LogP contribution in [0, 0.1) is 6.92 Å². The van der Waals surface area contributed by atoms with Gasteiger partial charge in [0.1, 0.15) is 17.8 Å². The summed E-state index contributed by atoms with van der Waals surface area (Å²) in [6.07, 6.45) is 3.79. The molecule has 30 heavy (non-hydrogen) atoms. The molecule has 4 rings (SSSR count). The van der Waals surface area contributed by atoms with Crippen molar-refractivity contribution in [3.63, 3.8) is 0 Å². The summed E-state index contributed by atoms with van der Waals surface area (Å²) in [4.78, 5) is 4.79. The molecule has 152 valence electrons. The molecular formula is C23H22N4O2S. The van der Waals surface area contributed by atoms with Crippen molar-refractivity contribution in [1.82, 2.24) is 19.7 Å². The molecule has 7 heteroatoms. The van der Waals surface area contributed by atoms with Gasteiger partial charge in [0.2, 0.25) is 0 Å². The number of hydrogen-bond donors (Lipinski definition) is 0. The van der Waals surface area contributed by atoms with Crippen molar-refractivity contribution in [2.75, 3.05) is 6.26 Å². The second-order valence-corrected chi connectivity index (χ2v) is 9.20. The quantitative estimate of drug-likeness (QED) is 0.439. The molecule has 0 saturated heterocycles. The van der Waals surface area contributed by atoms with Crippen molar-refractivity contribution in [3.05, 3.63) is 84.3 Å². The van der Waals surface area contributed by atoms with Gasteiger partial charge in [-0.1, -0.05) is 42.5 Å². The minimum absolute atomic E-state index is 0.292. The number of rotatable bonds is 6. The molecule has 1 unspecified atom stereocenters. The van der Waals surface area contributed by atoms with Crippen molar-refractivity contribution < 1.29 is 8.76 Å². The number of nitrogens with zero attached hydrogens (tertiary/aromatic N) is 4. The largest absolute Gasteiger partial charge is 0.610 e. The van der Waals surface area contributed by atoms with E-state index < -0.39 is 10.2 Å². The van der Waals surface area contributed by atoms with Crippen molar-refractivity contribution >= 4 is 10.2 Å². The molecule has 6 nitrogen and oxygen atoms in total. The highest BCUT2D eigenvalue weighted by atomic mass is 32.3. The molecule has 0 radical (unpaired) electrons. The van der Waals surface area contributed by atoms with E-state index in [2.05, 4.69) is 31.9 Å². The minimum Gasteiger partial charge on any atom is -0.610 e. The zero-order valence-corrected chi connectivity index (χ0v) is 17.7. The molecule has 2 aromatic heterocycles. The summed E-state index contributed by atoms with van der Waals surface area (Å²) in [5, 5.41) is 8.59. The number of aromatic nitrogens is 4. The van der Waals surface area contributed by atoms with Gasteiger partial charge in [-0.15, -0.1) is 14.4 Å². The van der Waals surface area contributed by atoms with Gasteiger partial charge >= 0.3 is 0 Å². The molecule has 0 N–H and O–H groups in total. The Labute approximate surface area is 176 Å². The molecule has 0 bridgehead atoms. The lowest BCUT2D eigenvalue weighted by molar-refractivity contribution is 0.484. The molecule has 0 aliphatic carbocycles. The Morgan fingerprint density at radius 1 is 0.967 bits per heavy atom. The van der Waals surface area contributed by atoms with Gasteiger partial charge in [-0.2, -0.15) is 0 Å². The third-order valence-corrected chi connectivity index (χ3v) is 6.10. The molecule has 0 aliphatic heterocycles. The average molecular weight is 419 g/mol. The van der Waals surface area contributed by atoms with Gasteiger partial charge in [0.25, 0.3) is 0 Å². The number of hydrogen-bond acceptors (Lipinski definition) is 5. The van der Waals surface area contributed by atoms with Gasteiger partial charge in [0.05, 0.1) is 10.2 Å². The average Bonchev–Trinajstić information content (AvgIpc) is 3.13. The fraction of sp³-hybridized carbons (Fsp3) is 0.174.